The predicted molar refractivity (Wildman–Crippen MR) is 63.8 cm³/mol. The van der Waals surface area contributed by atoms with E-state index >= 15 is 0 Å². The first kappa shape index (κ1) is 12.8. The van der Waals surface area contributed by atoms with Crippen LogP contribution in [0.1, 0.15) is 13.3 Å². The quantitative estimate of drug-likeness (QED) is 0.745. The Morgan fingerprint density at radius 3 is 2.76 bits per heavy atom. The van der Waals surface area contributed by atoms with Crippen molar-refractivity contribution in [1.29, 1.82) is 0 Å². The Bertz CT molecular complexity index is 248. The Morgan fingerprint density at radius 2 is 2.12 bits per heavy atom. The highest BCUT2D eigenvalue weighted by atomic mass is 16.5. The van der Waals surface area contributed by atoms with Gasteiger partial charge in [-0.05, 0) is 19.3 Å². The summed E-state index contributed by atoms with van der Waals surface area (Å²) in [7, 11) is 0. The fourth-order valence-electron chi connectivity index (χ4n) is 2.29. The summed E-state index contributed by atoms with van der Waals surface area (Å²) in [5.41, 5.74) is 0. The van der Waals surface area contributed by atoms with E-state index in [4.69, 9.17) is 9.47 Å². The Kier molecular flexibility index (Phi) is 4.76. The van der Waals surface area contributed by atoms with Gasteiger partial charge in [0, 0.05) is 25.7 Å². The lowest BCUT2D eigenvalue weighted by Crippen LogP contribution is -2.47. The van der Waals surface area contributed by atoms with Gasteiger partial charge in [0.2, 0.25) is 5.91 Å². The molecule has 0 aromatic rings. The molecule has 0 spiro atoms. The maximum atomic E-state index is 11.9. The molecule has 0 aromatic heterocycles. The number of nitrogens with one attached hydrogen (secondary N) is 1. The molecule has 0 radical (unpaired) electrons. The van der Waals surface area contributed by atoms with Crippen LogP contribution in [0.2, 0.25) is 0 Å². The number of carbonyl (C=O) groups excluding carboxylic acids is 1. The average molecular weight is 242 g/mol. The Labute approximate surface area is 102 Å². The van der Waals surface area contributed by atoms with Crippen LogP contribution in [0, 0.1) is 5.92 Å². The Hall–Kier alpha value is -0.650. The summed E-state index contributed by atoms with van der Waals surface area (Å²) in [4.78, 5) is 13.8. The lowest BCUT2D eigenvalue weighted by atomic mass is 10.0. The Balaban J connectivity index is 1.67. The number of amides is 1. The van der Waals surface area contributed by atoms with E-state index < -0.39 is 0 Å². The first-order valence-corrected chi connectivity index (χ1v) is 6.44. The minimum Gasteiger partial charge on any atom is -0.381 e. The molecule has 1 amide bonds. The minimum atomic E-state index is 0.180. The molecule has 2 atom stereocenters. The van der Waals surface area contributed by atoms with Crippen molar-refractivity contribution in [3.63, 3.8) is 0 Å². The second-order valence-corrected chi connectivity index (χ2v) is 4.79. The van der Waals surface area contributed by atoms with Gasteiger partial charge in [0.05, 0.1) is 26.4 Å². The summed E-state index contributed by atoms with van der Waals surface area (Å²) in [6.45, 7) is 7.01. The third kappa shape index (κ3) is 3.66. The van der Waals surface area contributed by atoms with Gasteiger partial charge in [-0.25, -0.2) is 0 Å². The lowest BCUT2D eigenvalue weighted by molar-refractivity contribution is -0.134. The van der Waals surface area contributed by atoms with Gasteiger partial charge >= 0.3 is 0 Å². The normalized spacial score (nSPS) is 27.1. The third-order valence-corrected chi connectivity index (χ3v) is 3.61. The zero-order chi connectivity index (χ0) is 12.1. The van der Waals surface area contributed by atoms with Crippen LogP contribution < -0.4 is 5.32 Å². The molecule has 2 rings (SSSR count). The van der Waals surface area contributed by atoms with E-state index in [9.17, 15) is 4.79 Å². The van der Waals surface area contributed by atoms with Gasteiger partial charge in [0.25, 0.3) is 0 Å². The molecule has 2 aliphatic heterocycles. The molecule has 17 heavy (non-hydrogen) atoms. The standard InChI is InChI=1S/C12H22N2O3/c1-10(11-2-5-17-9-11)13-8-12(15)14-3-6-16-7-4-14/h10-11,13H,2-9H2,1H3. The number of rotatable bonds is 4. The van der Waals surface area contributed by atoms with Gasteiger partial charge in [0.15, 0.2) is 0 Å². The van der Waals surface area contributed by atoms with E-state index in [1.807, 2.05) is 4.90 Å². The lowest BCUT2D eigenvalue weighted by Gasteiger charge is -2.28. The molecule has 5 nitrogen and oxygen atoms in total. The van der Waals surface area contributed by atoms with Crippen molar-refractivity contribution >= 4 is 5.91 Å². The largest absolute Gasteiger partial charge is 0.381 e. The highest BCUT2D eigenvalue weighted by Gasteiger charge is 2.23. The van der Waals surface area contributed by atoms with E-state index in [1.54, 1.807) is 0 Å². The summed E-state index contributed by atoms with van der Waals surface area (Å²) in [6.07, 6.45) is 1.10. The van der Waals surface area contributed by atoms with Gasteiger partial charge < -0.3 is 19.7 Å². The summed E-state index contributed by atoms with van der Waals surface area (Å²) < 4.78 is 10.6. The van der Waals surface area contributed by atoms with Crippen molar-refractivity contribution in [3.05, 3.63) is 0 Å². The van der Waals surface area contributed by atoms with Crippen LogP contribution in [0.4, 0.5) is 0 Å². The minimum absolute atomic E-state index is 0.180. The van der Waals surface area contributed by atoms with Gasteiger partial charge in [-0.15, -0.1) is 0 Å². The smallest absolute Gasteiger partial charge is 0.236 e. The molecular weight excluding hydrogens is 220 g/mol. The summed E-state index contributed by atoms with van der Waals surface area (Å²) in [6, 6.07) is 0.350. The van der Waals surface area contributed by atoms with Crippen molar-refractivity contribution in [2.24, 2.45) is 5.92 Å². The van der Waals surface area contributed by atoms with Crippen molar-refractivity contribution in [3.8, 4) is 0 Å². The van der Waals surface area contributed by atoms with E-state index in [0.717, 1.165) is 32.7 Å². The first-order chi connectivity index (χ1) is 8.27. The fraction of sp³-hybridized carbons (Fsp3) is 0.917. The second-order valence-electron chi connectivity index (χ2n) is 4.79. The molecule has 2 fully saturated rings. The van der Waals surface area contributed by atoms with Gasteiger partial charge in [0.1, 0.15) is 0 Å². The van der Waals surface area contributed by atoms with Crippen LogP contribution in [0.5, 0.6) is 0 Å². The van der Waals surface area contributed by atoms with Crippen LogP contribution in [0.15, 0.2) is 0 Å². The van der Waals surface area contributed by atoms with Gasteiger partial charge in [-0.3, -0.25) is 4.79 Å². The van der Waals surface area contributed by atoms with Crippen LogP contribution >= 0.6 is 0 Å². The number of ether oxygens (including phenoxy) is 2. The number of hydrogen-bond acceptors (Lipinski definition) is 4. The zero-order valence-electron chi connectivity index (χ0n) is 10.5. The molecule has 5 heteroatoms. The fourth-order valence-corrected chi connectivity index (χ4v) is 2.29. The van der Waals surface area contributed by atoms with E-state index in [1.165, 1.54) is 0 Å². The monoisotopic (exact) mass is 242 g/mol. The third-order valence-electron chi connectivity index (χ3n) is 3.61. The number of morpholine rings is 1. The molecule has 1 N–H and O–H groups in total. The van der Waals surface area contributed by atoms with Crippen LogP contribution in [0.25, 0.3) is 0 Å². The Morgan fingerprint density at radius 1 is 1.35 bits per heavy atom. The molecule has 2 unspecified atom stereocenters. The maximum Gasteiger partial charge on any atom is 0.236 e. The predicted octanol–water partition coefficient (Wildman–Crippen LogP) is -0.140. The van der Waals surface area contributed by atoms with Crippen molar-refractivity contribution < 1.29 is 14.3 Å². The van der Waals surface area contributed by atoms with E-state index in [0.29, 0.717) is 31.7 Å². The summed E-state index contributed by atoms with van der Waals surface area (Å²) in [5, 5.41) is 3.31. The van der Waals surface area contributed by atoms with Crippen LogP contribution in [-0.2, 0) is 14.3 Å². The molecule has 0 aliphatic carbocycles. The molecule has 2 saturated heterocycles. The van der Waals surface area contributed by atoms with Gasteiger partial charge in [-0.1, -0.05) is 0 Å². The highest BCUT2D eigenvalue weighted by molar-refractivity contribution is 5.78. The molecule has 0 bridgehead atoms. The molecule has 0 saturated carbocycles. The summed E-state index contributed by atoms with van der Waals surface area (Å²) >= 11 is 0. The van der Waals surface area contributed by atoms with Crippen LogP contribution in [0.3, 0.4) is 0 Å². The van der Waals surface area contributed by atoms with E-state index in [-0.39, 0.29) is 5.91 Å². The second kappa shape index (κ2) is 6.33. The van der Waals surface area contributed by atoms with Gasteiger partial charge in [-0.2, -0.15) is 0 Å². The van der Waals surface area contributed by atoms with Crippen molar-refractivity contribution in [2.75, 3.05) is 46.1 Å². The number of carbonyl (C=O) groups is 1. The molecule has 0 aromatic carbocycles. The molecule has 2 aliphatic rings. The maximum absolute atomic E-state index is 11.9. The number of nitrogens with zero attached hydrogens (tertiary/aromatic N) is 1. The molecule has 2 heterocycles. The average Bonchev–Trinajstić information content (AvgIpc) is 2.90. The first-order valence-electron chi connectivity index (χ1n) is 6.44. The summed E-state index contributed by atoms with van der Waals surface area (Å²) in [5.74, 6) is 0.728. The van der Waals surface area contributed by atoms with Crippen LogP contribution in [-0.4, -0.2) is 62.9 Å². The van der Waals surface area contributed by atoms with Crippen molar-refractivity contribution in [2.45, 2.75) is 19.4 Å². The highest BCUT2D eigenvalue weighted by Crippen LogP contribution is 2.16. The van der Waals surface area contributed by atoms with E-state index in [2.05, 4.69) is 12.2 Å². The zero-order valence-corrected chi connectivity index (χ0v) is 10.5. The van der Waals surface area contributed by atoms with Crippen molar-refractivity contribution in [1.82, 2.24) is 10.2 Å². The SMILES string of the molecule is CC(NCC(=O)N1CCOCC1)C1CCOC1. The molecule has 98 valence electrons. The number of hydrogen-bond donors (Lipinski definition) is 1. The molecular formula is C12H22N2O3. The topological polar surface area (TPSA) is 50.8 Å².